The van der Waals surface area contributed by atoms with Gasteiger partial charge in [-0.3, -0.25) is 14.4 Å². The first-order chi connectivity index (χ1) is 33.5. The zero-order chi connectivity index (χ0) is 49.3. The van der Waals surface area contributed by atoms with Crippen LogP contribution in [-0.4, -0.2) is 37.2 Å². The molecule has 0 N–H and O–H groups in total. The van der Waals surface area contributed by atoms with Gasteiger partial charge in [-0.05, 0) is 96.3 Å². The SMILES string of the molecule is CC/C=C\C/C=C\C/C=C\C/C=C\C/C=C\C/C=C\C/C=C\C/C=C\C/C=C\C/C=C\CCCCC(=O)OCC(COC(=O)CCCCCCCC)OC(=O)CCCCCCCCCCCCC. The number of allylic oxidation sites excluding steroid dienone is 20. The van der Waals surface area contributed by atoms with Gasteiger partial charge >= 0.3 is 17.9 Å². The number of hydrogen-bond acceptors (Lipinski definition) is 6. The molecule has 1 unspecified atom stereocenters. The average Bonchev–Trinajstić information content (AvgIpc) is 3.34. The second-order valence-electron chi connectivity index (χ2n) is 17.8. The molecular formula is C62H100O6. The minimum Gasteiger partial charge on any atom is -0.462 e. The van der Waals surface area contributed by atoms with Crippen molar-refractivity contribution in [2.75, 3.05) is 13.2 Å². The van der Waals surface area contributed by atoms with E-state index in [4.69, 9.17) is 14.2 Å². The fourth-order valence-electron chi connectivity index (χ4n) is 7.12. The highest BCUT2D eigenvalue weighted by Crippen LogP contribution is 2.14. The van der Waals surface area contributed by atoms with Gasteiger partial charge in [0.2, 0.25) is 0 Å². The molecule has 68 heavy (non-hydrogen) atoms. The van der Waals surface area contributed by atoms with Crippen LogP contribution in [0.3, 0.4) is 0 Å². The van der Waals surface area contributed by atoms with E-state index in [1.54, 1.807) is 0 Å². The first kappa shape index (κ1) is 63.8. The molecule has 0 aliphatic rings. The summed E-state index contributed by atoms with van der Waals surface area (Å²) in [5, 5.41) is 0. The molecule has 0 aliphatic carbocycles. The van der Waals surface area contributed by atoms with Gasteiger partial charge in [-0.25, -0.2) is 0 Å². The third kappa shape index (κ3) is 52.8. The summed E-state index contributed by atoms with van der Waals surface area (Å²) in [6.07, 6.45) is 76.6. The molecule has 0 bridgehead atoms. The molecule has 0 aromatic rings. The standard InChI is InChI=1S/C62H100O6/c1-4-7-10-13-16-18-20-21-22-23-24-25-26-27-28-29-30-31-32-33-34-35-36-37-38-39-40-41-43-44-46-49-52-55-61(64)67-58-59(57-66-60(63)54-51-48-15-12-9-6-3)68-62(65)56-53-50-47-45-42-19-17-14-11-8-5-2/h7,10,16,18,21-22,24-25,27-28,30-31,33-34,36-37,39-40,43-44,59H,4-6,8-9,11-15,17,19-20,23,26,29,32,35,38,41-42,45-58H2,1-3H3/b10-7-,18-16-,22-21-,25-24-,28-27-,31-30-,34-33-,37-36-,40-39-,44-43-. The van der Waals surface area contributed by atoms with Crippen molar-refractivity contribution in [3.8, 4) is 0 Å². The van der Waals surface area contributed by atoms with E-state index in [9.17, 15) is 14.4 Å². The normalized spacial score (nSPS) is 13.0. The number of carbonyl (C=O) groups excluding carboxylic acids is 3. The summed E-state index contributed by atoms with van der Waals surface area (Å²) in [4.78, 5) is 37.7. The number of ether oxygens (including phenoxy) is 3. The largest absolute Gasteiger partial charge is 0.462 e. The molecule has 0 saturated carbocycles. The fourth-order valence-corrected chi connectivity index (χ4v) is 7.12. The third-order valence-electron chi connectivity index (χ3n) is 11.2. The molecule has 0 radical (unpaired) electrons. The topological polar surface area (TPSA) is 78.9 Å². The fraction of sp³-hybridized carbons (Fsp3) is 0.629. The summed E-state index contributed by atoms with van der Waals surface area (Å²) >= 11 is 0. The van der Waals surface area contributed by atoms with Gasteiger partial charge in [0.25, 0.3) is 0 Å². The second-order valence-corrected chi connectivity index (χ2v) is 17.8. The molecule has 0 amide bonds. The third-order valence-corrected chi connectivity index (χ3v) is 11.2. The predicted molar refractivity (Wildman–Crippen MR) is 293 cm³/mol. The first-order valence-corrected chi connectivity index (χ1v) is 27.5. The van der Waals surface area contributed by atoms with E-state index in [1.807, 2.05) is 0 Å². The van der Waals surface area contributed by atoms with Gasteiger partial charge in [0, 0.05) is 19.3 Å². The Morgan fingerprint density at radius 3 is 0.897 bits per heavy atom. The Kier molecular flexibility index (Phi) is 52.0. The van der Waals surface area contributed by atoms with Crippen molar-refractivity contribution in [1.29, 1.82) is 0 Å². The van der Waals surface area contributed by atoms with Crippen LogP contribution in [0.25, 0.3) is 0 Å². The van der Waals surface area contributed by atoms with Crippen molar-refractivity contribution in [2.45, 2.75) is 239 Å². The molecule has 0 fully saturated rings. The van der Waals surface area contributed by atoms with E-state index in [0.29, 0.717) is 19.3 Å². The molecule has 0 aliphatic heterocycles. The van der Waals surface area contributed by atoms with Crippen LogP contribution < -0.4 is 0 Å². The van der Waals surface area contributed by atoms with Gasteiger partial charge in [0.1, 0.15) is 13.2 Å². The molecule has 384 valence electrons. The Morgan fingerprint density at radius 1 is 0.309 bits per heavy atom. The van der Waals surface area contributed by atoms with Crippen LogP contribution in [0.5, 0.6) is 0 Å². The monoisotopic (exact) mass is 941 g/mol. The van der Waals surface area contributed by atoms with Gasteiger partial charge < -0.3 is 14.2 Å². The molecule has 0 aromatic heterocycles. The van der Waals surface area contributed by atoms with Gasteiger partial charge in [0.15, 0.2) is 6.10 Å². The lowest BCUT2D eigenvalue weighted by molar-refractivity contribution is -0.167. The second kappa shape index (κ2) is 55.4. The van der Waals surface area contributed by atoms with E-state index in [2.05, 4.69) is 142 Å². The minimum atomic E-state index is -0.791. The Morgan fingerprint density at radius 2 is 0.574 bits per heavy atom. The minimum absolute atomic E-state index is 0.0921. The van der Waals surface area contributed by atoms with E-state index in [0.717, 1.165) is 122 Å². The number of unbranched alkanes of at least 4 members (excludes halogenated alkanes) is 17. The average molecular weight is 941 g/mol. The Hall–Kier alpha value is -4.19. The van der Waals surface area contributed by atoms with Crippen molar-refractivity contribution in [3.05, 3.63) is 122 Å². The zero-order valence-electron chi connectivity index (χ0n) is 43.8. The summed E-state index contributed by atoms with van der Waals surface area (Å²) in [5.41, 5.74) is 0. The number of hydrogen-bond donors (Lipinski definition) is 0. The van der Waals surface area contributed by atoms with Crippen molar-refractivity contribution in [1.82, 2.24) is 0 Å². The van der Waals surface area contributed by atoms with Crippen LogP contribution in [0.15, 0.2) is 122 Å². The van der Waals surface area contributed by atoms with Crippen molar-refractivity contribution in [3.63, 3.8) is 0 Å². The lowest BCUT2D eigenvalue weighted by atomic mass is 10.1. The number of carbonyl (C=O) groups is 3. The summed E-state index contributed by atoms with van der Waals surface area (Å²) < 4.78 is 16.6. The summed E-state index contributed by atoms with van der Waals surface area (Å²) in [7, 11) is 0. The van der Waals surface area contributed by atoms with Gasteiger partial charge in [-0.2, -0.15) is 0 Å². The lowest BCUT2D eigenvalue weighted by Crippen LogP contribution is -2.30. The highest BCUT2D eigenvalue weighted by Gasteiger charge is 2.19. The predicted octanol–water partition coefficient (Wildman–Crippen LogP) is 18.5. The molecule has 6 heteroatoms. The van der Waals surface area contributed by atoms with Crippen LogP contribution >= 0.6 is 0 Å². The maximum Gasteiger partial charge on any atom is 0.306 e. The van der Waals surface area contributed by atoms with Crippen molar-refractivity contribution in [2.24, 2.45) is 0 Å². The Bertz CT molecular complexity index is 1450. The molecule has 0 aromatic carbocycles. The maximum absolute atomic E-state index is 12.7. The van der Waals surface area contributed by atoms with Crippen LogP contribution in [0, 0.1) is 0 Å². The molecule has 0 heterocycles. The summed E-state index contributed by atoms with van der Waals surface area (Å²) in [6, 6.07) is 0. The molecule has 1 atom stereocenters. The highest BCUT2D eigenvalue weighted by molar-refractivity contribution is 5.71. The number of esters is 3. The van der Waals surface area contributed by atoms with Gasteiger partial charge in [-0.1, -0.05) is 239 Å². The molecule has 0 rings (SSSR count). The van der Waals surface area contributed by atoms with E-state index in [-0.39, 0.29) is 31.1 Å². The molecular weight excluding hydrogens is 841 g/mol. The van der Waals surface area contributed by atoms with Crippen LogP contribution in [-0.2, 0) is 28.6 Å². The summed E-state index contributed by atoms with van der Waals surface area (Å²) in [6.45, 7) is 6.40. The van der Waals surface area contributed by atoms with Gasteiger partial charge in [0.05, 0.1) is 0 Å². The Balaban J connectivity index is 4.19. The maximum atomic E-state index is 12.7. The zero-order valence-corrected chi connectivity index (χ0v) is 43.8. The molecule has 0 spiro atoms. The van der Waals surface area contributed by atoms with E-state index in [1.165, 1.54) is 70.6 Å². The summed E-state index contributed by atoms with van der Waals surface area (Å²) in [5.74, 6) is -0.954. The Labute approximate surface area is 418 Å². The molecule has 0 saturated heterocycles. The smallest absolute Gasteiger partial charge is 0.306 e. The highest BCUT2D eigenvalue weighted by atomic mass is 16.6. The lowest BCUT2D eigenvalue weighted by Gasteiger charge is -2.18. The van der Waals surface area contributed by atoms with Crippen molar-refractivity contribution >= 4 is 17.9 Å². The van der Waals surface area contributed by atoms with Crippen molar-refractivity contribution < 1.29 is 28.6 Å². The molecule has 6 nitrogen and oxygen atoms in total. The van der Waals surface area contributed by atoms with E-state index >= 15 is 0 Å². The van der Waals surface area contributed by atoms with Crippen LogP contribution in [0.1, 0.15) is 233 Å². The number of rotatable bonds is 48. The first-order valence-electron chi connectivity index (χ1n) is 27.5. The van der Waals surface area contributed by atoms with E-state index < -0.39 is 6.10 Å². The van der Waals surface area contributed by atoms with Gasteiger partial charge in [-0.15, -0.1) is 0 Å². The van der Waals surface area contributed by atoms with Crippen LogP contribution in [0.2, 0.25) is 0 Å². The quantitative estimate of drug-likeness (QED) is 0.0262. The van der Waals surface area contributed by atoms with Crippen LogP contribution in [0.4, 0.5) is 0 Å².